The lowest BCUT2D eigenvalue weighted by Crippen LogP contribution is -2.11. The van der Waals surface area contributed by atoms with Crippen LogP contribution in [0, 0.1) is 6.92 Å². The van der Waals surface area contributed by atoms with Crippen molar-refractivity contribution in [3.8, 4) is 22.8 Å². The SMILES string of the molecule is CCCCCC(=O)Oc1cc(-c2ccccc2)nn1-c1cccc(C)c1. The largest absolute Gasteiger partial charge is 0.407 e. The summed E-state index contributed by atoms with van der Waals surface area (Å²) in [6.45, 7) is 4.14. The van der Waals surface area contributed by atoms with Gasteiger partial charge in [0.25, 0.3) is 0 Å². The lowest BCUT2D eigenvalue weighted by atomic mass is 10.2. The van der Waals surface area contributed by atoms with Crippen molar-refractivity contribution in [1.29, 1.82) is 0 Å². The Morgan fingerprint density at radius 2 is 1.85 bits per heavy atom. The highest BCUT2D eigenvalue weighted by molar-refractivity contribution is 5.73. The first-order valence-electron chi connectivity index (χ1n) is 9.10. The Labute approximate surface area is 154 Å². The number of rotatable bonds is 7. The van der Waals surface area contributed by atoms with Crippen molar-refractivity contribution in [1.82, 2.24) is 9.78 Å². The number of hydrogen-bond donors (Lipinski definition) is 0. The topological polar surface area (TPSA) is 44.1 Å². The Bertz CT molecular complexity index is 869. The zero-order valence-electron chi connectivity index (χ0n) is 15.3. The number of hydrogen-bond acceptors (Lipinski definition) is 3. The minimum Gasteiger partial charge on any atom is -0.407 e. The molecule has 1 heterocycles. The molecule has 134 valence electrons. The lowest BCUT2D eigenvalue weighted by molar-refractivity contribution is -0.134. The highest BCUT2D eigenvalue weighted by Gasteiger charge is 2.15. The van der Waals surface area contributed by atoms with Crippen LogP contribution < -0.4 is 4.74 Å². The van der Waals surface area contributed by atoms with Crippen LogP contribution in [0.5, 0.6) is 5.88 Å². The third-order valence-corrected chi connectivity index (χ3v) is 4.20. The van der Waals surface area contributed by atoms with Crippen molar-refractivity contribution in [2.75, 3.05) is 0 Å². The molecule has 3 rings (SSSR count). The van der Waals surface area contributed by atoms with Gasteiger partial charge in [-0.05, 0) is 31.0 Å². The predicted octanol–water partition coefficient (Wildman–Crippen LogP) is 5.33. The van der Waals surface area contributed by atoms with Crippen LogP contribution in [0.2, 0.25) is 0 Å². The number of carbonyl (C=O) groups is 1. The van der Waals surface area contributed by atoms with E-state index >= 15 is 0 Å². The predicted molar refractivity (Wildman–Crippen MR) is 104 cm³/mol. The number of ether oxygens (including phenoxy) is 1. The molecule has 0 N–H and O–H groups in total. The first-order valence-corrected chi connectivity index (χ1v) is 9.10. The number of carbonyl (C=O) groups excluding carboxylic acids is 1. The summed E-state index contributed by atoms with van der Waals surface area (Å²) in [7, 11) is 0. The first kappa shape index (κ1) is 17.9. The molecule has 0 bridgehead atoms. The van der Waals surface area contributed by atoms with Crippen molar-refractivity contribution < 1.29 is 9.53 Å². The zero-order valence-corrected chi connectivity index (χ0v) is 15.3. The molecule has 0 aliphatic carbocycles. The van der Waals surface area contributed by atoms with Gasteiger partial charge in [-0.2, -0.15) is 5.10 Å². The summed E-state index contributed by atoms with van der Waals surface area (Å²) in [5, 5.41) is 4.68. The van der Waals surface area contributed by atoms with Crippen molar-refractivity contribution in [2.24, 2.45) is 0 Å². The van der Waals surface area contributed by atoms with Crippen molar-refractivity contribution in [2.45, 2.75) is 39.5 Å². The molecule has 0 aliphatic rings. The molecule has 0 saturated carbocycles. The fourth-order valence-electron chi connectivity index (χ4n) is 2.82. The Balaban J connectivity index is 1.93. The maximum atomic E-state index is 12.2. The second kappa shape index (κ2) is 8.48. The summed E-state index contributed by atoms with van der Waals surface area (Å²) in [4.78, 5) is 12.2. The third-order valence-electron chi connectivity index (χ3n) is 4.20. The van der Waals surface area contributed by atoms with Crippen LogP contribution in [0.25, 0.3) is 16.9 Å². The van der Waals surface area contributed by atoms with Crippen LogP contribution in [-0.2, 0) is 4.79 Å². The summed E-state index contributed by atoms with van der Waals surface area (Å²) in [5.74, 6) is 0.239. The Hall–Kier alpha value is -2.88. The molecule has 0 amide bonds. The van der Waals surface area contributed by atoms with E-state index in [0.29, 0.717) is 12.3 Å². The van der Waals surface area contributed by atoms with Crippen LogP contribution in [-0.4, -0.2) is 15.7 Å². The van der Waals surface area contributed by atoms with E-state index in [0.717, 1.165) is 41.8 Å². The second-order valence-electron chi connectivity index (χ2n) is 6.42. The average molecular weight is 348 g/mol. The highest BCUT2D eigenvalue weighted by Crippen LogP contribution is 2.27. The zero-order chi connectivity index (χ0) is 18.4. The van der Waals surface area contributed by atoms with Crippen LogP contribution in [0.4, 0.5) is 0 Å². The monoisotopic (exact) mass is 348 g/mol. The maximum absolute atomic E-state index is 12.2. The summed E-state index contributed by atoms with van der Waals surface area (Å²) >= 11 is 0. The fraction of sp³-hybridized carbons (Fsp3) is 0.273. The highest BCUT2D eigenvalue weighted by atomic mass is 16.5. The lowest BCUT2D eigenvalue weighted by Gasteiger charge is -2.08. The molecule has 0 spiro atoms. The number of unbranched alkanes of at least 4 members (excludes halogenated alkanes) is 2. The van der Waals surface area contributed by atoms with Gasteiger partial charge in [0.05, 0.1) is 11.4 Å². The van der Waals surface area contributed by atoms with E-state index in [1.165, 1.54) is 0 Å². The second-order valence-corrected chi connectivity index (χ2v) is 6.42. The molecule has 0 radical (unpaired) electrons. The number of esters is 1. The quantitative estimate of drug-likeness (QED) is 0.428. The van der Waals surface area contributed by atoms with E-state index in [4.69, 9.17) is 4.74 Å². The molecule has 3 aromatic rings. The van der Waals surface area contributed by atoms with Crippen molar-refractivity contribution >= 4 is 5.97 Å². The Morgan fingerprint density at radius 1 is 1.04 bits per heavy atom. The van der Waals surface area contributed by atoms with E-state index in [9.17, 15) is 4.79 Å². The molecule has 0 unspecified atom stereocenters. The normalized spacial score (nSPS) is 10.7. The van der Waals surface area contributed by atoms with E-state index in [1.54, 1.807) is 4.68 Å². The van der Waals surface area contributed by atoms with Crippen LogP contribution in [0.1, 0.15) is 38.2 Å². The van der Waals surface area contributed by atoms with E-state index in [1.807, 2.05) is 67.6 Å². The van der Waals surface area contributed by atoms with Gasteiger partial charge in [0.15, 0.2) is 0 Å². The van der Waals surface area contributed by atoms with Gasteiger partial charge in [-0.1, -0.05) is 62.2 Å². The van der Waals surface area contributed by atoms with E-state index < -0.39 is 0 Å². The fourth-order valence-corrected chi connectivity index (χ4v) is 2.82. The number of nitrogens with zero attached hydrogens (tertiary/aromatic N) is 2. The third kappa shape index (κ3) is 4.39. The minimum absolute atomic E-state index is 0.216. The van der Waals surface area contributed by atoms with E-state index in [2.05, 4.69) is 12.0 Å². The average Bonchev–Trinajstić information content (AvgIpc) is 3.06. The summed E-state index contributed by atoms with van der Waals surface area (Å²) in [5.41, 5.74) is 3.77. The summed E-state index contributed by atoms with van der Waals surface area (Å²) < 4.78 is 7.35. The Morgan fingerprint density at radius 3 is 2.58 bits per heavy atom. The van der Waals surface area contributed by atoms with Crippen LogP contribution >= 0.6 is 0 Å². The van der Waals surface area contributed by atoms with Gasteiger partial charge in [0.2, 0.25) is 5.88 Å². The van der Waals surface area contributed by atoms with Gasteiger partial charge in [-0.25, -0.2) is 4.68 Å². The molecule has 4 heteroatoms. The first-order chi connectivity index (χ1) is 12.7. The summed E-state index contributed by atoms with van der Waals surface area (Å²) in [6.07, 6.45) is 3.38. The Kier molecular flexibility index (Phi) is 5.84. The minimum atomic E-state index is -0.216. The van der Waals surface area contributed by atoms with Crippen LogP contribution in [0.15, 0.2) is 60.7 Å². The molecule has 26 heavy (non-hydrogen) atoms. The molecule has 0 atom stereocenters. The number of aromatic nitrogens is 2. The summed E-state index contributed by atoms with van der Waals surface area (Å²) in [6, 6.07) is 19.7. The molecular weight excluding hydrogens is 324 g/mol. The van der Waals surface area contributed by atoms with Crippen LogP contribution in [0.3, 0.4) is 0 Å². The maximum Gasteiger partial charge on any atom is 0.312 e. The van der Waals surface area contributed by atoms with E-state index in [-0.39, 0.29) is 5.97 Å². The van der Waals surface area contributed by atoms with Gasteiger partial charge < -0.3 is 4.74 Å². The van der Waals surface area contributed by atoms with Gasteiger partial charge in [0, 0.05) is 18.1 Å². The molecule has 1 aromatic heterocycles. The van der Waals surface area contributed by atoms with Gasteiger partial charge in [0.1, 0.15) is 0 Å². The number of aryl methyl sites for hydroxylation is 1. The van der Waals surface area contributed by atoms with Crippen molar-refractivity contribution in [3.05, 3.63) is 66.2 Å². The molecule has 0 saturated heterocycles. The van der Waals surface area contributed by atoms with Gasteiger partial charge >= 0.3 is 5.97 Å². The number of benzene rings is 2. The molecular formula is C22H24N2O2. The van der Waals surface area contributed by atoms with Gasteiger partial charge in [-0.15, -0.1) is 0 Å². The standard InChI is InChI=1S/C22H24N2O2/c1-3-4-6-14-22(25)26-21-16-20(18-11-7-5-8-12-18)23-24(21)19-13-9-10-17(2)15-19/h5,7-13,15-16H,3-4,6,14H2,1-2H3. The van der Waals surface area contributed by atoms with Crippen molar-refractivity contribution in [3.63, 3.8) is 0 Å². The molecule has 0 aliphatic heterocycles. The molecule has 0 fully saturated rings. The molecule has 2 aromatic carbocycles. The smallest absolute Gasteiger partial charge is 0.312 e. The van der Waals surface area contributed by atoms with Gasteiger partial charge in [-0.3, -0.25) is 4.79 Å². The molecule has 4 nitrogen and oxygen atoms in total.